The van der Waals surface area contributed by atoms with Gasteiger partial charge in [-0.15, -0.1) is 0 Å². The zero-order valence-corrected chi connectivity index (χ0v) is 11.5. The number of nitrogens with one attached hydrogen (secondary N) is 1. The van der Waals surface area contributed by atoms with Crippen LogP contribution in [0.5, 0.6) is 0 Å². The van der Waals surface area contributed by atoms with Gasteiger partial charge < -0.3 is 10.4 Å². The zero-order valence-electron chi connectivity index (χ0n) is 9.12. The van der Waals surface area contributed by atoms with E-state index in [0.717, 1.165) is 17.3 Å². The van der Waals surface area contributed by atoms with Crippen molar-refractivity contribution in [2.24, 2.45) is 5.92 Å². The molecule has 2 unspecified atom stereocenters. The number of anilines is 1. The van der Waals surface area contributed by atoms with Gasteiger partial charge in [0.25, 0.3) is 0 Å². The highest BCUT2D eigenvalue weighted by Gasteiger charge is 2.31. The summed E-state index contributed by atoms with van der Waals surface area (Å²) in [5.74, 6) is -0.425. The molecule has 92 valence electrons. The Hall–Kier alpha value is -0.580. The van der Waals surface area contributed by atoms with Crippen molar-refractivity contribution in [3.8, 4) is 0 Å². The lowest BCUT2D eigenvalue weighted by Gasteiger charge is -2.14. The predicted octanol–water partition coefficient (Wildman–Crippen LogP) is 3.20. The molecule has 1 fully saturated rings. The SMILES string of the molecule is O=C(Nc1ccc(Br)c(Cl)c1)C1CCCC1O. The van der Waals surface area contributed by atoms with E-state index >= 15 is 0 Å². The predicted molar refractivity (Wildman–Crippen MR) is 71.1 cm³/mol. The summed E-state index contributed by atoms with van der Waals surface area (Å²) in [7, 11) is 0. The van der Waals surface area contributed by atoms with E-state index in [2.05, 4.69) is 21.2 Å². The molecular weight excluding hydrogens is 305 g/mol. The van der Waals surface area contributed by atoms with E-state index in [1.165, 1.54) is 0 Å². The van der Waals surface area contributed by atoms with Crippen LogP contribution in [0, 0.1) is 5.92 Å². The summed E-state index contributed by atoms with van der Waals surface area (Å²) >= 11 is 9.22. The highest BCUT2D eigenvalue weighted by atomic mass is 79.9. The summed E-state index contributed by atoms with van der Waals surface area (Å²) in [5, 5.41) is 13.0. The van der Waals surface area contributed by atoms with E-state index in [1.807, 2.05) is 0 Å². The number of carbonyl (C=O) groups is 1. The summed E-state index contributed by atoms with van der Waals surface area (Å²) in [6, 6.07) is 5.24. The molecule has 0 bridgehead atoms. The molecule has 5 heteroatoms. The lowest BCUT2D eigenvalue weighted by atomic mass is 10.1. The first-order valence-electron chi connectivity index (χ1n) is 5.52. The highest BCUT2D eigenvalue weighted by molar-refractivity contribution is 9.10. The molecule has 1 amide bonds. The van der Waals surface area contributed by atoms with E-state index in [-0.39, 0.29) is 11.8 Å². The number of carbonyl (C=O) groups excluding carboxylic acids is 1. The minimum atomic E-state index is -0.513. The Bertz CT molecular complexity index is 439. The van der Waals surface area contributed by atoms with Crippen molar-refractivity contribution in [3.63, 3.8) is 0 Å². The number of hydrogen-bond donors (Lipinski definition) is 2. The van der Waals surface area contributed by atoms with Gasteiger partial charge in [0.05, 0.1) is 17.0 Å². The van der Waals surface area contributed by atoms with Gasteiger partial charge in [0.1, 0.15) is 0 Å². The van der Waals surface area contributed by atoms with Gasteiger partial charge in [-0.05, 0) is 53.4 Å². The van der Waals surface area contributed by atoms with Gasteiger partial charge >= 0.3 is 0 Å². The van der Waals surface area contributed by atoms with Crippen molar-refractivity contribution in [1.82, 2.24) is 0 Å². The number of rotatable bonds is 2. The molecule has 0 spiro atoms. The van der Waals surface area contributed by atoms with Gasteiger partial charge in [-0.2, -0.15) is 0 Å². The summed E-state index contributed by atoms with van der Waals surface area (Å²) in [5.41, 5.74) is 0.655. The summed E-state index contributed by atoms with van der Waals surface area (Å²) in [6.45, 7) is 0. The third-order valence-electron chi connectivity index (χ3n) is 3.00. The van der Waals surface area contributed by atoms with Crippen LogP contribution in [0.2, 0.25) is 5.02 Å². The van der Waals surface area contributed by atoms with E-state index in [1.54, 1.807) is 18.2 Å². The molecule has 2 N–H and O–H groups in total. The van der Waals surface area contributed by atoms with Gasteiger partial charge in [-0.25, -0.2) is 0 Å². The summed E-state index contributed by atoms with van der Waals surface area (Å²) in [6.07, 6.45) is 1.84. The van der Waals surface area contributed by atoms with Gasteiger partial charge in [-0.3, -0.25) is 4.79 Å². The second kappa shape index (κ2) is 5.38. The third-order valence-corrected chi connectivity index (χ3v) is 4.24. The Morgan fingerprint density at radius 3 is 2.82 bits per heavy atom. The van der Waals surface area contributed by atoms with Gasteiger partial charge in [-0.1, -0.05) is 11.6 Å². The summed E-state index contributed by atoms with van der Waals surface area (Å²) in [4.78, 5) is 11.9. The fraction of sp³-hybridized carbons (Fsp3) is 0.417. The van der Waals surface area contributed by atoms with Crippen LogP contribution in [-0.2, 0) is 4.79 Å². The number of amides is 1. The average molecular weight is 319 g/mol. The van der Waals surface area contributed by atoms with Gasteiger partial charge in [0.2, 0.25) is 5.91 Å². The molecule has 0 saturated heterocycles. The molecular formula is C12H13BrClNO2. The maximum Gasteiger partial charge on any atom is 0.230 e. The van der Waals surface area contributed by atoms with Crippen LogP contribution in [0.15, 0.2) is 22.7 Å². The highest BCUT2D eigenvalue weighted by Crippen LogP contribution is 2.29. The maximum absolute atomic E-state index is 11.9. The van der Waals surface area contributed by atoms with Gasteiger partial charge in [0, 0.05) is 10.2 Å². The Balaban J connectivity index is 2.05. The quantitative estimate of drug-likeness (QED) is 0.880. The first-order chi connectivity index (χ1) is 8.08. The average Bonchev–Trinajstić information content (AvgIpc) is 2.70. The third kappa shape index (κ3) is 3.00. The van der Waals surface area contributed by atoms with Crippen LogP contribution in [0.1, 0.15) is 19.3 Å². The smallest absolute Gasteiger partial charge is 0.230 e. The van der Waals surface area contributed by atoms with Gasteiger partial charge in [0.15, 0.2) is 0 Å². The minimum Gasteiger partial charge on any atom is -0.392 e. The topological polar surface area (TPSA) is 49.3 Å². The molecule has 1 aromatic rings. The fourth-order valence-corrected chi connectivity index (χ4v) is 2.48. The molecule has 0 heterocycles. The Morgan fingerprint density at radius 1 is 1.47 bits per heavy atom. The van der Waals surface area contributed by atoms with Crippen LogP contribution >= 0.6 is 27.5 Å². The second-order valence-electron chi connectivity index (χ2n) is 4.22. The first kappa shape index (κ1) is 12.9. The lowest BCUT2D eigenvalue weighted by molar-refractivity contribution is -0.122. The Kier molecular flexibility index (Phi) is 4.07. The largest absolute Gasteiger partial charge is 0.392 e. The standard InChI is InChI=1S/C12H13BrClNO2/c13-9-5-4-7(6-10(9)14)15-12(17)8-2-1-3-11(8)16/h4-6,8,11,16H,1-3H2,(H,15,17). The summed E-state index contributed by atoms with van der Waals surface area (Å²) < 4.78 is 0.790. The molecule has 1 saturated carbocycles. The molecule has 2 rings (SSSR count). The van der Waals surface area contributed by atoms with E-state index in [0.29, 0.717) is 17.1 Å². The van der Waals surface area contributed by atoms with Crippen LogP contribution in [0.3, 0.4) is 0 Å². The molecule has 1 aliphatic carbocycles. The van der Waals surface area contributed by atoms with Crippen LogP contribution in [-0.4, -0.2) is 17.1 Å². The van der Waals surface area contributed by atoms with Crippen molar-refractivity contribution in [1.29, 1.82) is 0 Å². The molecule has 3 nitrogen and oxygen atoms in total. The maximum atomic E-state index is 11.9. The molecule has 1 aromatic carbocycles. The number of benzene rings is 1. The molecule has 0 aromatic heterocycles. The molecule has 1 aliphatic rings. The van der Waals surface area contributed by atoms with Crippen LogP contribution in [0.4, 0.5) is 5.69 Å². The molecule has 17 heavy (non-hydrogen) atoms. The molecule has 0 radical (unpaired) electrons. The molecule has 2 atom stereocenters. The van der Waals surface area contributed by atoms with E-state index in [4.69, 9.17) is 11.6 Å². The lowest BCUT2D eigenvalue weighted by Crippen LogP contribution is -2.28. The fourth-order valence-electron chi connectivity index (χ4n) is 2.06. The normalized spacial score (nSPS) is 23.7. The Labute approximate surface area is 113 Å². The second-order valence-corrected chi connectivity index (χ2v) is 5.48. The van der Waals surface area contributed by atoms with Crippen molar-refractivity contribution < 1.29 is 9.90 Å². The minimum absolute atomic E-state index is 0.131. The number of aliphatic hydroxyl groups excluding tert-OH is 1. The monoisotopic (exact) mass is 317 g/mol. The first-order valence-corrected chi connectivity index (χ1v) is 6.69. The van der Waals surface area contributed by atoms with Crippen molar-refractivity contribution >= 4 is 39.1 Å². The van der Waals surface area contributed by atoms with Crippen molar-refractivity contribution in [2.75, 3.05) is 5.32 Å². The van der Waals surface area contributed by atoms with E-state index in [9.17, 15) is 9.90 Å². The number of aliphatic hydroxyl groups is 1. The van der Waals surface area contributed by atoms with Crippen LogP contribution < -0.4 is 5.32 Å². The zero-order chi connectivity index (χ0) is 12.4. The number of halogens is 2. The van der Waals surface area contributed by atoms with Crippen molar-refractivity contribution in [3.05, 3.63) is 27.7 Å². The Morgan fingerprint density at radius 2 is 2.24 bits per heavy atom. The number of hydrogen-bond acceptors (Lipinski definition) is 2. The van der Waals surface area contributed by atoms with Crippen molar-refractivity contribution in [2.45, 2.75) is 25.4 Å². The van der Waals surface area contributed by atoms with Crippen LogP contribution in [0.25, 0.3) is 0 Å². The molecule has 0 aliphatic heterocycles. The van der Waals surface area contributed by atoms with E-state index < -0.39 is 6.10 Å².